The molecule has 3 aromatic rings. The van der Waals surface area contributed by atoms with Crippen molar-refractivity contribution in [2.45, 2.75) is 38.6 Å². The van der Waals surface area contributed by atoms with Crippen LogP contribution in [0.15, 0.2) is 23.4 Å². The average molecular weight is 453 g/mol. The summed E-state index contributed by atoms with van der Waals surface area (Å²) >= 11 is 0. The van der Waals surface area contributed by atoms with Crippen LogP contribution in [0.25, 0.3) is 10.9 Å². The van der Waals surface area contributed by atoms with Crippen LogP contribution >= 0.6 is 0 Å². The Morgan fingerprint density at radius 1 is 1.12 bits per heavy atom. The van der Waals surface area contributed by atoms with Crippen molar-refractivity contribution in [3.05, 3.63) is 40.2 Å². The van der Waals surface area contributed by atoms with Crippen LogP contribution in [0.4, 0.5) is 5.95 Å². The molecule has 1 saturated carbocycles. The van der Waals surface area contributed by atoms with Crippen LogP contribution in [0.3, 0.4) is 0 Å². The number of carbonyl (C=O) groups excluding carboxylic acids is 1. The van der Waals surface area contributed by atoms with Crippen LogP contribution in [0.1, 0.15) is 36.4 Å². The van der Waals surface area contributed by atoms with Gasteiger partial charge < -0.3 is 14.5 Å². The Bertz CT molecular complexity index is 1180. The molecule has 1 aliphatic carbocycles. The molecule has 174 valence electrons. The molecule has 3 aromatic heterocycles. The van der Waals surface area contributed by atoms with E-state index in [-0.39, 0.29) is 11.5 Å². The van der Waals surface area contributed by atoms with Crippen molar-refractivity contribution in [3.63, 3.8) is 0 Å². The number of hydrogen-bond donors (Lipinski definition) is 1. The van der Waals surface area contributed by atoms with Gasteiger partial charge >= 0.3 is 0 Å². The minimum atomic E-state index is -0.246. The Morgan fingerprint density at radius 3 is 2.61 bits per heavy atom. The van der Waals surface area contributed by atoms with E-state index < -0.39 is 0 Å². The highest BCUT2D eigenvalue weighted by Crippen LogP contribution is 2.39. The number of aryl methyl sites for hydroxylation is 1. The van der Waals surface area contributed by atoms with Crippen LogP contribution in [-0.4, -0.2) is 80.1 Å². The van der Waals surface area contributed by atoms with E-state index in [0.29, 0.717) is 61.8 Å². The topological polar surface area (TPSA) is 122 Å². The van der Waals surface area contributed by atoms with Crippen LogP contribution in [-0.2, 0) is 16.1 Å². The molecule has 5 rings (SSSR count). The van der Waals surface area contributed by atoms with Crippen molar-refractivity contribution in [1.82, 2.24) is 34.8 Å². The molecule has 0 aromatic carbocycles. The summed E-state index contributed by atoms with van der Waals surface area (Å²) in [6.45, 7) is 5.81. The van der Waals surface area contributed by atoms with Crippen LogP contribution in [0.2, 0.25) is 0 Å². The molecule has 2 fully saturated rings. The van der Waals surface area contributed by atoms with Crippen molar-refractivity contribution >= 4 is 22.8 Å². The Kier molecular flexibility index (Phi) is 6.03. The molecule has 1 N–H and O–H groups in total. The molecule has 11 heteroatoms. The van der Waals surface area contributed by atoms with E-state index in [1.807, 2.05) is 17.3 Å². The maximum Gasteiger partial charge on any atom is 0.275 e. The molecule has 11 nitrogen and oxygen atoms in total. The van der Waals surface area contributed by atoms with Crippen LogP contribution < -0.4 is 10.5 Å². The molecular formula is C22H28N8O3. The number of aromatic amines is 1. The molecule has 33 heavy (non-hydrogen) atoms. The van der Waals surface area contributed by atoms with E-state index in [2.05, 4.69) is 30.2 Å². The third kappa shape index (κ3) is 4.72. The van der Waals surface area contributed by atoms with E-state index in [1.54, 1.807) is 17.8 Å². The largest absolute Gasteiger partial charge is 0.379 e. The maximum atomic E-state index is 12.5. The number of carbonyl (C=O) groups is 1. The summed E-state index contributed by atoms with van der Waals surface area (Å²) in [7, 11) is 0. The van der Waals surface area contributed by atoms with Crippen LogP contribution in [0.5, 0.6) is 0 Å². The van der Waals surface area contributed by atoms with Gasteiger partial charge in [-0.05, 0) is 31.2 Å². The number of nitrogens with zero attached hydrogens (tertiary/aromatic N) is 7. The third-order valence-electron chi connectivity index (χ3n) is 6.28. The lowest BCUT2D eigenvalue weighted by atomic mass is 10.2. The van der Waals surface area contributed by atoms with E-state index in [1.165, 1.54) is 18.4 Å². The first-order chi connectivity index (χ1) is 16.1. The highest BCUT2D eigenvalue weighted by Gasteiger charge is 2.26. The summed E-state index contributed by atoms with van der Waals surface area (Å²) in [5, 5.41) is 11.2. The number of rotatable bonds is 8. The number of H-pyrrole nitrogens is 1. The number of piperazine rings is 1. The fourth-order valence-corrected chi connectivity index (χ4v) is 4.24. The zero-order valence-corrected chi connectivity index (χ0v) is 18.7. The number of anilines is 1. The lowest BCUT2D eigenvalue weighted by Gasteiger charge is -2.34. The van der Waals surface area contributed by atoms with Crippen molar-refractivity contribution in [2.75, 3.05) is 44.3 Å². The number of ether oxygens (including phenoxy) is 1. The second kappa shape index (κ2) is 9.26. The number of fused-ring (bicyclic) bond motifs is 1. The summed E-state index contributed by atoms with van der Waals surface area (Å²) < 4.78 is 7.38. The second-order valence-corrected chi connectivity index (χ2v) is 8.59. The second-order valence-electron chi connectivity index (χ2n) is 8.59. The predicted molar refractivity (Wildman–Crippen MR) is 121 cm³/mol. The van der Waals surface area contributed by atoms with Gasteiger partial charge in [0, 0.05) is 38.6 Å². The summed E-state index contributed by atoms with van der Waals surface area (Å²) in [6.07, 6.45) is 8.30. The van der Waals surface area contributed by atoms with Gasteiger partial charge in [-0.3, -0.25) is 14.3 Å². The molecule has 2 aliphatic rings. The van der Waals surface area contributed by atoms with Crippen molar-refractivity contribution in [3.8, 4) is 0 Å². The number of aromatic nitrogens is 6. The van der Waals surface area contributed by atoms with E-state index in [9.17, 15) is 9.59 Å². The Morgan fingerprint density at radius 2 is 1.88 bits per heavy atom. The van der Waals surface area contributed by atoms with Crippen molar-refractivity contribution in [2.24, 2.45) is 0 Å². The van der Waals surface area contributed by atoms with Crippen LogP contribution in [0, 0.1) is 6.92 Å². The minimum Gasteiger partial charge on any atom is -0.379 e. The first kappa shape index (κ1) is 21.5. The number of hydrogen-bond acceptors (Lipinski definition) is 8. The van der Waals surface area contributed by atoms with E-state index >= 15 is 0 Å². The molecule has 0 unspecified atom stereocenters. The van der Waals surface area contributed by atoms with Crippen molar-refractivity contribution in [1.29, 1.82) is 0 Å². The normalized spacial score (nSPS) is 16.5. The standard InChI is InChI=1S/C22H28N8O3/c1-15-20-18(14-25-26-21(20)32)30(27-15)9-11-33-10-4-19(31)28-5-7-29(8-6-28)22-23-12-17(13-24-22)16-2-3-16/h12-14,16H,2-11H2,1H3,(H,26,32). The van der Waals surface area contributed by atoms with Gasteiger partial charge in [-0.1, -0.05) is 0 Å². The smallest absolute Gasteiger partial charge is 0.275 e. The maximum absolute atomic E-state index is 12.5. The summed E-state index contributed by atoms with van der Waals surface area (Å²) in [4.78, 5) is 37.5. The molecule has 0 radical (unpaired) electrons. The summed E-state index contributed by atoms with van der Waals surface area (Å²) in [5.74, 6) is 1.49. The van der Waals surface area contributed by atoms with Gasteiger partial charge in [0.15, 0.2) is 0 Å². The summed E-state index contributed by atoms with van der Waals surface area (Å²) in [5.41, 5.74) is 2.32. The lowest BCUT2D eigenvalue weighted by Crippen LogP contribution is -2.49. The van der Waals surface area contributed by atoms with E-state index in [0.717, 1.165) is 19.0 Å². The quantitative estimate of drug-likeness (QED) is 0.499. The number of amides is 1. The highest BCUT2D eigenvalue weighted by molar-refractivity contribution is 5.79. The Labute approximate surface area is 190 Å². The van der Waals surface area contributed by atoms with Gasteiger partial charge in [0.05, 0.1) is 49.0 Å². The Balaban J connectivity index is 1.03. The molecule has 0 bridgehead atoms. The molecule has 1 aliphatic heterocycles. The fraction of sp³-hybridized carbons (Fsp3) is 0.545. The molecule has 1 amide bonds. The predicted octanol–water partition coefficient (Wildman–Crippen LogP) is 0.851. The van der Waals surface area contributed by atoms with Gasteiger partial charge in [-0.2, -0.15) is 10.2 Å². The highest BCUT2D eigenvalue weighted by atomic mass is 16.5. The van der Waals surface area contributed by atoms with Gasteiger partial charge in [0.2, 0.25) is 11.9 Å². The molecule has 4 heterocycles. The zero-order valence-electron chi connectivity index (χ0n) is 18.7. The Hall–Kier alpha value is -3.34. The molecule has 1 saturated heterocycles. The van der Waals surface area contributed by atoms with Gasteiger partial charge in [-0.25, -0.2) is 15.1 Å². The third-order valence-corrected chi connectivity index (χ3v) is 6.28. The zero-order chi connectivity index (χ0) is 22.8. The monoisotopic (exact) mass is 452 g/mol. The molecule has 0 spiro atoms. The van der Waals surface area contributed by atoms with Gasteiger partial charge in [0.1, 0.15) is 0 Å². The lowest BCUT2D eigenvalue weighted by molar-refractivity contribution is -0.132. The summed E-state index contributed by atoms with van der Waals surface area (Å²) in [6, 6.07) is 0. The van der Waals surface area contributed by atoms with E-state index in [4.69, 9.17) is 4.74 Å². The fourth-order valence-electron chi connectivity index (χ4n) is 4.24. The minimum absolute atomic E-state index is 0.0933. The van der Waals surface area contributed by atoms with Crippen molar-refractivity contribution < 1.29 is 9.53 Å². The number of nitrogens with one attached hydrogen (secondary N) is 1. The molecular weight excluding hydrogens is 424 g/mol. The van der Waals surface area contributed by atoms with Gasteiger partial charge in [-0.15, -0.1) is 0 Å². The SMILES string of the molecule is Cc1nn(CCOCCC(=O)N2CCN(c3ncc(C4CC4)cn3)CC2)c2cn[nH]c(=O)c12. The van der Waals surface area contributed by atoms with Gasteiger partial charge in [0.25, 0.3) is 5.56 Å². The molecule has 0 atom stereocenters. The average Bonchev–Trinajstić information content (AvgIpc) is 3.63. The first-order valence-electron chi connectivity index (χ1n) is 11.4. The first-order valence-corrected chi connectivity index (χ1v) is 11.4.